The summed E-state index contributed by atoms with van der Waals surface area (Å²) >= 11 is 0. The smallest absolute Gasteiger partial charge is 0.201 e. The van der Waals surface area contributed by atoms with Crippen LogP contribution in [0.5, 0.6) is 5.75 Å². The maximum Gasteiger partial charge on any atom is 0.201 e. The zero-order valence-corrected chi connectivity index (χ0v) is 11.4. The second-order valence-corrected chi connectivity index (χ2v) is 4.44. The number of rotatable bonds is 3. The molecule has 0 fully saturated rings. The minimum absolute atomic E-state index is 0.0475. The average Bonchev–Trinajstić information content (AvgIpc) is 2.49. The van der Waals surface area contributed by atoms with E-state index in [9.17, 15) is 17.6 Å². The van der Waals surface area contributed by atoms with Crippen LogP contribution in [0.25, 0.3) is 11.7 Å². The predicted molar refractivity (Wildman–Crippen MR) is 73.1 cm³/mol. The summed E-state index contributed by atoms with van der Waals surface area (Å²) in [6, 6.07) is 7.88. The summed E-state index contributed by atoms with van der Waals surface area (Å²) < 4.78 is 59.9. The fourth-order valence-electron chi connectivity index (χ4n) is 1.80. The first-order chi connectivity index (χ1) is 9.95. The lowest BCUT2D eigenvalue weighted by atomic mass is 10.1. The Bertz CT molecular complexity index is 690. The predicted octanol–water partition coefficient (Wildman–Crippen LogP) is 5.05. The number of methoxy groups -OCH3 is 1. The van der Waals surface area contributed by atoms with E-state index in [1.165, 1.54) is 12.1 Å². The van der Waals surface area contributed by atoms with Crippen molar-refractivity contribution in [3.63, 3.8) is 0 Å². The second kappa shape index (κ2) is 5.99. The fourth-order valence-corrected chi connectivity index (χ4v) is 1.80. The monoisotopic (exact) mass is 296 g/mol. The molecule has 0 unspecified atom stereocenters. The van der Waals surface area contributed by atoms with E-state index >= 15 is 0 Å². The fraction of sp³-hybridized carbons (Fsp3) is 0.125. The molecule has 0 saturated carbocycles. The van der Waals surface area contributed by atoms with Crippen LogP contribution >= 0.6 is 0 Å². The van der Waals surface area contributed by atoms with Crippen LogP contribution < -0.4 is 4.74 Å². The van der Waals surface area contributed by atoms with E-state index in [0.29, 0.717) is 0 Å². The standard InChI is InChI=1S/C16H12F4O/c1-9-3-5-10(6-4-9)13(17)14(18)11-7-8-12(21-2)16(20)15(11)19/h3-8H,1-2H3. The van der Waals surface area contributed by atoms with Gasteiger partial charge in [-0.3, -0.25) is 0 Å². The number of benzene rings is 2. The molecule has 0 radical (unpaired) electrons. The molecule has 2 rings (SSSR count). The molecule has 0 heterocycles. The third kappa shape index (κ3) is 2.91. The first-order valence-corrected chi connectivity index (χ1v) is 6.10. The minimum Gasteiger partial charge on any atom is -0.494 e. The lowest BCUT2D eigenvalue weighted by Gasteiger charge is -2.07. The number of halogens is 4. The molecule has 0 bridgehead atoms. The van der Waals surface area contributed by atoms with Crippen LogP contribution in [0.1, 0.15) is 16.7 Å². The van der Waals surface area contributed by atoms with E-state index in [1.54, 1.807) is 19.1 Å². The van der Waals surface area contributed by atoms with Crippen molar-refractivity contribution < 1.29 is 22.3 Å². The molecule has 0 N–H and O–H groups in total. The SMILES string of the molecule is COc1ccc(C(F)=C(F)c2ccc(C)cc2)c(F)c1F. The van der Waals surface area contributed by atoms with Gasteiger partial charge in [0.05, 0.1) is 12.7 Å². The van der Waals surface area contributed by atoms with E-state index in [0.717, 1.165) is 24.8 Å². The molecule has 0 aromatic heterocycles. The van der Waals surface area contributed by atoms with Crippen molar-refractivity contribution in [1.82, 2.24) is 0 Å². The van der Waals surface area contributed by atoms with Crippen LogP contribution in [0, 0.1) is 18.6 Å². The van der Waals surface area contributed by atoms with Gasteiger partial charge in [-0.05, 0) is 19.1 Å². The highest BCUT2D eigenvalue weighted by Crippen LogP contribution is 2.33. The summed E-state index contributed by atoms with van der Waals surface area (Å²) in [4.78, 5) is 0. The van der Waals surface area contributed by atoms with Crippen molar-refractivity contribution in [1.29, 1.82) is 0 Å². The van der Waals surface area contributed by atoms with Crippen LogP contribution in [0.4, 0.5) is 17.6 Å². The third-order valence-corrected chi connectivity index (χ3v) is 3.00. The zero-order valence-electron chi connectivity index (χ0n) is 11.4. The Labute approximate surface area is 119 Å². The van der Waals surface area contributed by atoms with Crippen molar-refractivity contribution in [3.05, 3.63) is 64.7 Å². The highest BCUT2D eigenvalue weighted by molar-refractivity contribution is 5.83. The van der Waals surface area contributed by atoms with Crippen LogP contribution in [0.3, 0.4) is 0 Å². The quantitative estimate of drug-likeness (QED) is 0.569. The molecule has 0 spiro atoms. The molecular weight excluding hydrogens is 284 g/mol. The number of hydrogen-bond acceptors (Lipinski definition) is 1. The highest BCUT2D eigenvalue weighted by Gasteiger charge is 2.20. The summed E-state index contributed by atoms with van der Waals surface area (Å²) in [5.74, 6) is -5.94. The number of ether oxygens (including phenoxy) is 1. The molecule has 21 heavy (non-hydrogen) atoms. The molecule has 2 aromatic carbocycles. The molecule has 2 aromatic rings. The molecule has 1 nitrogen and oxygen atoms in total. The topological polar surface area (TPSA) is 9.23 Å². The van der Waals surface area contributed by atoms with Crippen molar-refractivity contribution in [2.45, 2.75) is 6.92 Å². The van der Waals surface area contributed by atoms with Gasteiger partial charge in [0.1, 0.15) is 0 Å². The molecule has 0 aliphatic carbocycles. The van der Waals surface area contributed by atoms with Gasteiger partial charge >= 0.3 is 0 Å². The Morgan fingerprint density at radius 2 is 1.48 bits per heavy atom. The van der Waals surface area contributed by atoms with E-state index in [4.69, 9.17) is 0 Å². The summed E-state index contributed by atoms with van der Waals surface area (Å²) in [5, 5.41) is 0. The largest absolute Gasteiger partial charge is 0.494 e. The van der Waals surface area contributed by atoms with Gasteiger partial charge < -0.3 is 4.74 Å². The van der Waals surface area contributed by atoms with Crippen molar-refractivity contribution in [2.75, 3.05) is 7.11 Å². The van der Waals surface area contributed by atoms with Crippen molar-refractivity contribution >= 4 is 11.7 Å². The summed E-state index contributed by atoms with van der Waals surface area (Å²) in [7, 11) is 1.15. The second-order valence-electron chi connectivity index (χ2n) is 4.44. The minimum atomic E-state index is -1.49. The zero-order chi connectivity index (χ0) is 15.6. The van der Waals surface area contributed by atoms with Gasteiger partial charge in [0.15, 0.2) is 23.2 Å². The molecule has 0 aliphatic heterocycles. The maximum atomic E-state index is 14.0. The molecule has 0 saturated heterocycles. The van der Waals surface area contributed by atoms with Gasteiger partial charge in [-0.15, -0.1) is 0 Å². The third-order valence-electron chi connectivity index (χ3n) is 3.00. The Hall–Kier alpha value is -2.30. The van der Waals surface area contributed by atoms with Crippen LogP contribution in [-0.4, -0.2) is 7.11 Å². The van der Waals surface area contributed by atoms with Gasteiger partial charge in [-0.1, -0.05) is 29.8 Å². The summed E-state index contributed by atoms with van der Waals surface area (Å²) in [6.07, 6.45) is 0. The normalized spacial score (nSPS) is 12.1. The van der Waals surface area contributed by atoms with E-state index in [-0.39, 0.29) is 11.3 Å². The average molecular weight is 296 g/mol. The Balaban J connectivity index is 2.52. The Morgan fingerprint density at radius 3 is 2.05 bits per heavy atom. The van der Waals surface area contributed by atoms with Gasteiger partial charge in [0, 0.05) is 5.56 Å². The molecule has 0 amide bonds. The number of hydrogen-bond donors (Lipinski definition) is 0. The Morgan fingerprint density at radius 1 is 0.857 bits per heavy atom. The van der Waals surface area contributed by atoms with E-state index in [1.807, 2.05) is 0 Å². The molecule has 110 valence electrons. The first kappa shape index (κ1) is 15.1. The van der Waals surface area contributed by atoms with Crippen molar-refractivity contribution in [2.24, 2.45) is 0 Å². The van der Waals surface area contributed by atoms with Crippen molar-refractivity contribution in [3.8, 4) is 5.75 Å². The Kier molecular flexibility index (Phi) is 4.31. The van der Waals surface area contributed by atoms with Gasteiger partial charge in [-0.25, -0.2) is 13.2 Å². The summed E-state index contributed by atoms with van der Waals surface area (Å²) in [6.45, 7) is 1.79. The van der Waals surface area contributed by atoms with Crippen LogP contribution in [-0.2, 0) is 0 Å². The van der Waals surface area contributed by atoms with Gasteiger partial charge in [0.25, 0.3) is 0 Å². The molecule has 0 aliphatic rings. The highest BCUT2D eigenvalue weighted by atomic mass is 19.2. The van der Waals surface area contributed by atoms with E-state index in [2.05, 4.69) is 4.74 Å². The lowest BCUT2D eigenvalue weighted by molar-refractivity contribution is 0.371. The maximum absolute atomic E-state index is 14.0. The first-order valence-electron chi connectivity index (χ1n) is 6.10. The molecule has 5 heteroatoms. The summed E-state index contributed by atoms with van der Waals surface area (Å²) in [5.41, 5.74) is 0.0359. The van der Waals surface area contributed by atoms with Crippen LogP contribution in [0.2, 0.25) is 0 Å². The van der Waals surface area contributed by atoms with Gasteiger partial charge in [0.2, 0.25) is 5.82 Å². The number of aryl methyl sites for hydroxylation is 1. The lowest BCUT2D eigenvalue weighted by Crippen LogP contribution is -1.97. The van der Waals surface area contributed by atoms with Gasteiger partial charge in [-0.2, -0.15) is 4.39 Å². The molecule has 0 atom stereocenters. The molecular formula is C16H12F4O. The van der Waals surface area contributed by atoms with E-state index < -0.39 is 28.9 Å². The van der Waals surface area contributed by atoms with Crippen LogP contribution in [0.15, 0.2) is 36.4 Å².